The van der Waals surface area contributed by atoms with Crippen LogP contribution in [0.15, 0.2) is 142 Å². The van der Waals surface area contributed by atoms with Gasteiger partial charge in [0.25, 0.3) is 0 Å². The van der Waals surface area contributed by atoms with Crippen LogP contribution in [0.3, 0.4) is 0 Å². The summed E-state index contributed by atoms with van der Waals surface area (Å²) in [5, 5.41) is 5.45. The summed E-state index contributed by atoms with van der Waals surface area (Å²) in [7, 11) is -0.494. The van der Waals surface area contributed by atoms with Gasteiger partial charge in [0.1, 0.15) is 0 Å². The fraction of sp³-hybridized carbons (Fsp3) is 0.522. The number of hydrogen-bond donors (Lipinski definition) is 0. The van der Waals surface area contributed by atoms with E-state index >= 15 is 0 Å². The molecule has 0 spiro atoms. The van der Waals surface area contributed by atoms with E-state index in [4.69, 9.17) is 28.1 Å². The van der Waals surface area contributed by atoms with Gasteiger partial charge in [0.2, 0.25) is 0 Å². The van der Waals surface area contributed by atoms with Crippen molar-refractivity contribution in [3.63, 3.8) is 0 Å². The van der Waals surface area contributed by atoms with Crippen LogP contribution in [-0.4, -0.2) is 67.1 Å². The molecule has 2 heterocycles. The van der Waals surface area contributed by atoms with Crippen molar-refractivity contribution in [2.45, 2.75) is 258 Å². The van der Waals surface area contributed by atoms with Gasteiger partial charge in [0.05, 0.1) is 31.8 Å². The van der Waals surface area contributed by atoms with Crippen LogP contribution in [0, 0.1) is 0 Å². The van der Waals surface area contributed by atoms with Crippen LogP contribution in [0.5, 0.6) is 0 Å². The van der Waals surface area contributed by atoms with Crippen LogP contribution in [-0.2, 0) is 64.6 Å². The third-order valence-electron chi connectivity index (χ3n) is 22.9. The molecule has 0 N–H and O–H groups in total. The molecule has 0 radical (unpaired) electrons. The Morgan fingerprint density at radius 1 is 0.333 bits per heavy atom. The Kier molecular flexibility index (Phi) is 30.8. The molecule has 2 aliphatic heterocycles. The van der Waals surface area contributed by atoms with E-state index in [1.807, 2.05) is 0 Å². The zero-order chi connectivity index (χ0) is 70.9. The highest BCUT2D eigenvalue weighted by molar-refractivity contribution is 9.10. The molecule has 0 bridgehead atoms. The summed E-state index contributed by atoms with van der Waals surface area (Å²) in [6.07, 6.45) is 40.3. The zero-order valence-electron chi connectivity index (χ0n) is 63.3. The first-order chi connectivity index (χ1) is 50.2. The predicted molar refractivity (Wildman–Crippen MR) is 441 cm³/mol. The first kappa shape index (κ1) is 78.2. The lowest BCUT2D eigenvalue weighted by Crippen LogP contribution is -2.32. The smallest absolute Gasteiger partial charge is 0.405 e. The van der Waals surface area contributed by atoms with Crippen molar-refractivity contribution in [1.29, 1.82) is 0 Å². The molecule has 2 saturated heterocycles. The zero-order valence-corrected chi connectivity index (χ0v) is 66.5. The predicted octanol–water partition coefficient (Wildman–Crippen LogP) is 24.6. The number of fused-ring (bicyclic) bond motifs is 9. The maximum atomic E-state index is 5.92. The number of ether oxygens (including phenoxy) is 2. The molecule has 0 amide bonds. The number of unbranched alkanes of at least 4 members (excludes halogenated alkanes) is 20. The summed E-state index contributed by atoms with van der Waals surface area (Å²) in [5.41, 5.74) is 21.8. The Morgan fingerprint density at radius 3 is 1.13 bits per heavy atom. The SMILES string of the molecule is CCCCCCCCC1(CCCCCCCC)c2cc(Br)ccc2-c2cc3c(cc21)-c1ccc(Br)cc1C3(c1ccc(CCCOCC)cc1)c1ccc(CCCOCC)cc1.CCCCCCCCc1c(CCCCCCCC)c2cc(B3OCCO3)ccc2c2ccc(B3OCCO3)cc12. The summed E-state index contributed by atoms with van der Waals surface area (Å²) >= 11 is 7.97. The van der Waals surface area contributed by atoms with Gasteiger partial charge in [-0.15, -0.1) is 0 Å². The fourth-order valence-electron chi connectivity index (χ4n) is 17.6. The standard InChI is InChI=1S/C58H72Br2O2.C34H48B2O4/c1-5-9-11-13-15-17-35-57(36-18-16-14-12-10-6-2)53-39-47(59)31-33-49(53)51-42-56-52(41-54(51)57)50-34-32-48(60)40-55(50)58(56,45-27-23-43(24-28-45)21-19-37-61-7-3)46-29-25-44(26-30-46)22-20-38-62-8-4;1-3-5-7-9-11-13-15-29-30(16-14-12-10-8-6-4-2)34-26-28(36-39-23-24-40-36)18-20-32(34)31-19-17-27(25-33(29)31)35-37-21-22-38-35/h23-34,39-42H,5-22,35-38H2,1-4H3;17-20,25-26H,3-16,21-24H2,1-2H3. The average Bonchev–Trinajstić information content (AvgIpc) is 1.51. The minimum atomic E-state index is -0.490. The van der Waals surface area contributed by atoms with E-state index in [1.54, 1.807) is 11.1 Å². The molecule has 2 aliphatic carbocycles. The number of rotatable bonds is 42. The normalized spacial score (nSPS) is 14.8. The number of hydrogen-bond acceptors (Lipinski definition) is 6. The summed E-state index contributed by atoms with van der Waals surface area (Å²) in [6.45, 7) is 19.2. The average molecular weight is 1500 g/mol. The molecule has 8 aromatic rings. The minimum absolute atomic E-state index is 0.00789. The van der Waals surface area contributed by atoms with E-state index < -0.39 is 5.41 Å². The molecule has 0 atom stereocenters. The van der Waals surface area contributed by atoms with Crippen molar-refractivity contribution >= 4 is 78.6 Å². The Morgan fingerprint density at radius 2 is 0.696 bits per heavy atom. The molecule has 102 heavy (non-hydrogen) atoms. The molecule has 4 aliphatic rings. The highest BCUT2D eigenvalue weighted by Crippen LogP contribution is 2.62. The van der Waals surface area contributed by atoms with Crippen molar-refractivity contribution in [2.24, 2.45) is 0 Å². The van der Waals surface area contributed by atoms with Crippen LogP contribution in [0.1, 0.15) is 277 Å². The van der Waals surface area contributed by atoms with E-state index in [2.05, 4.69) is 207 Å². The third-order valence-corrected chi connectivity index (χ3v) is 23.9. The lowest BCUT2D eigenvalue weighted by atomic mass is 9.66. The van der Waals surface area contributed by atoms with Gasteiger partial charge in [-0.25, -0.2) is 0 Å². The van der Waals surface area contributed by atoms with Gasteiger partial charge in [-0.2, -0.15) is 0 Å². The Bertz CT molecular complexity index is 3730. The lowest BCUT2D eigenvalue weighted by Gasteiger charge is -2.35. The molecule has 0 unspecified atom stereocenters. The van der Waals surface area contributed by atoms with Gasteiger partial charge >= 0.3 is 14.2 Å². The van der Waals surface area contributed by atoms with Crippen LogP contribution in [0.4, 0.5) is 0 Å². The third kappa shape index (κ3) is 18.9. The molecule has 8 aromatic carbocycles. The van der Waals surface area contributed by atoms with Crippen LogP contribution in [0.2, 0.25) is 0 Å². The van der Waals surface area contributed by atoms with Gasteiger partial charge in [0.15, 0.2) is 0 Å². The molecule has 544 valence electrons. The second kappa shape index (κ2) is 40.2. The summed E-state index contributed by atoms with van der Waals surface area (Å²) < 4.78 is 37.4. The van der Waals surface area contributed by atoms with Crippen LogP contribution < -0.4 is 10.9 Å². The van der Waals surface area contributed by atoms with Gasteiger partial charge in [0, 0.05) is 40.8 Å². The molecular formula is C92H120B2Br2O6. The first-order valence-corrected chi connectivity index (χ1v) is 42.4. The summed E-state index contributed by atoms with van der Waals surface area (Å²) in [4.78, 5) is 0. The van der Waals surface area contributed by atoms with E-state index in [0.717, 1.165) is 80.4 Å². The molecule has 0 saturated carbocycles. The second-order valence-corrected chi connectivity index (χ2v) is 31.8. The molecule has 0 aromatic heterocycles. The van der Waals surface area contributed by atoms with Crippen molar-refractivity contribution < 1.29 is 28.1 Å². The Hall–Kier alpha value is -4.87. The van der Waals surface area contributed by atoms with E-state index in [9.17, 15) is 0 Å². The molecule has 6 nitrogen and oxygen atoms in total. The van der Waals surface area contributed by atoms with Gasteiger partial charge in [-0.1, -0.05) is 298 Å². The molecule has 12 rings (SSSR count). The minimum Gasteiger partial charge on any atom is -0.405 e. The van der Waals surface area contributed by atoms with Crippen LogP contribution >= 0.6 is 31.9 Å². The van der Waals surface area contributed by atoms with Crippen molar-refractivity contribution in [1.82, 2.24) is 0 Å². The van der Waals surface area contributed by atoms with Crippen molar-refractivity contribution in [3.05, 3.63) is 198 Å². The number of benzene rings is 8. The highest BCUT2D eigenvalue weighted by Gasteiger charge is 2.50. The van der Waals surface area contributed by atoms with Crippen molar-refractivity contribution in [3.8, 4) is 22.3 Å². The summed E-state index contributed by atoms with van der Waals surface area (Å²) in [5.74, 6) is 0. The van der Waals surface area contributed by atoms with E-state index in [1.165, 1.54) is 260 Å². The van der Waals surface area contributed by atoms with E-state index in [0.29, 0.717) is 26.4 Å². The molecule has 2 fully saturated rings. The van der Waals surface area contributed by atoms with E-state index in [-0.39, 0.29) is 19.7 Å². The summed E-state index contributed by atoms with van der Waals surface area (Å²) in [6, 6.07) is 52.7. The van der Waals surface area contributed by atoms with Crippen molar-refractivity contribution in [2.75, 3.05) is 52.9 Å². The number of halogens is 2. The molecule has 10 heteroatoms. The Labute approximate surface area is 633 Å². The topological polar surface area (TPSA) is 55.4 Å². The van der Waals surface area contributed by atoms with Gasteiger partial charge in [-0.3, -0.25) is 0 Å². The van der Waals surface area contributed by atoms with Gasteiger partial charge in [-0.05, 0) is 225 Å². The first-order valence-electron chi connectivity index (χ1n) is 40.8. The quantitative estimate of drug-likeness (QED) is 0.0216. The number of aryl methyl sites for hydroxylation is 4. The van der Waals surface area contributed by atoms with Gasteiger partial charge < -0.3 is 28.1 Å². The van der Waals surface area contributed by atoms with Crippen LogP contribution in [0.25, 0.3) is 43.8 Å². The largest absolute Gasteiger partial charge is 0.494 e. The molecular weight excluding hydrogens is 1380 g/mol. The maximum Gasteiger partial charge on any atom is 0.494 e. The lowest BCUT2D eigenvalue weighted by molar-refractivity contribution is 0.145. The highest BCUT2D eigenvalue weighted by atomic mass is 79.9. The Balaban J connectivity index is 0.000000225. The maximum absolute atomic E-state index is 5.92. The fourth-order valence-corrected chi connectivity index (χ4v) is 18.3. The monoisotopic (exact) mass is 1500 g/mol. The second-order valence-electron chi connectivity index (χ2n) is 29.9.